The van der Waals surface area contributed by atoms with E-state index in [1.807, 2.05) is 0 Å². The topological polar surface area (TPSA) is 28.2 Å². The van der Waals surface area contributed by atoms with E-state index in [9.17, 15) is 13.2 Å². The number of aromatic nitrogens is 1. The van der Waals surface area contributed by atoms with Crippen LogP contribution in [0.2, 0.25) is 0 Å². The van der Waals surface area contributed by atoms with Crippen LogP contribution in [-0.4, -0.2) is 31.2 Å². The lowest BCUT2D eigenvalue weighted by atomic mass is 9.74. The molecule has 0 aliphatic carbocycles. The number of hydrogen-bond acceptors (Lipinski definition) is 3. The number of halogens is 4. The largest absolute Gasteiger partial charge is 0.433 e. The summed E-state index contributed by atoms with van der Waals surface area (Å²) in [4.78, 5) is 5.60. The first-order chi connectivity index (χ1) is 8.99. The van der Waals surface area contributed by atoms with Gasteiger partial charge in [0.1, 0.15) is 5.69 Å². The van der Waals surface area contributed by atoms with E-state index in [-0.39, 0.29) is 12.4 Å². The van der Waals surface area contributed by atoms with Crippen LogP contribution in [0.5, 0.6) is 0 Å². The summed E-state index contributed by atoms with van der Waals surface area (Å²) in [6, 6.07) is 2.57. The predicted molar refractivity (Wildman–Crippen MR) is 73.2 cm³/mol. The van der Waals surface area contributed by atoms with E-state index in [1.54, 1.807) is 0 Å². The van der Waals surface area contributed by atoms with Crippen LogP contribution in [0.15, 0.2) is 18.3 Å². The summed E-state index contributed by atoms with van der Waals surface area (Å²) in [5, 5.41) is 3.39. The highest BCUT2D eigenvalue weighted by Gasteiger charge is 2.43. The van der Waals surface area contributed by atoms with Crippen LogP contribution in [0.4, 0.5) is 18.9 Å². The van der Waals surface area contributed by atoms with Crippen molar-refractivity contribution in [2.24, 2.45) is 5.41 Å². The zero-order chi connectivity index (χ0) is 13.5. The van der Waals surface area contributed by atoms with E-state index in [2.05, 4.69) is 15.2 Å². The first kappa shape index (κ1) is 15.4. The van der Waals surface area contributed by atoms with Gasteiger partial charge in [-0.15, -0.1) is 12.4 Å². The minimum Gasteiger partial charge on any atom is -0.369 e. The molecule has 1 aromatic rings. The molecule has 0 radical (unpaired) electrons. The van der Waals surface area contributed by atoms with Gasteiger partial charge in [0.15, 0.2) is 0 Å². The lowest BCUT2D eigenvalue weighted by Crippen LogP contribution is -2.62. The Balaban J connectivity index is 0.00000147. The van der Waals surface area contributed by atoms with E-state index >= 15 is 0 Å². The maximum atomic E-state index is 12.4. The van der Waals surface area contributed by atoms with E-state index in [1.165, 1.54) is 25.1 Å². The van der Waals surface area contributed by atoms with Crippen molar-refractivity contribution in [2.75, 3.05) is 31.1 Å². The molecule has 0 atom stereocenters. The Bertz CT molecular complexity index is 447. The van der Waals surface area contributed by atoms with Gasteiger partial charge in [-0.2, -0.15) is 13.2 Å². The predicted octanol–water partition coefficient (Wildman–Crippen LogP) is 2.71. The fourth-order valence-electron chi connectivity index (χ4n) is 2.99. The molecule has 2 aliphatic rings. The van der Waals surface area contributed by atoms with Crippen LogP contribution in [-0.2, 0) is 6.18 Å². The Kier molecular flexibility index (Phi) is 4.16. The molecule has 0 amide bonds. The van der Waals surface area contributed by atoms with Crippen LogP contribution in [0.25, 0.3) is 0 Å². The Hall–Kier alpha value is -1.01. The number of hydrogen-bond donors (Lipinski definition) is 1. The molecule has 2 fully saturated rings. The number of anilines is 1. The molecular weight excluding hydrogens is 291 g/mol. The van der Waals surface area contributed by atoms with Crippen LogP contribution >= 0.6 is 12.4 Å². The van der Waals surface area contributed by atoms with Gasteiger partial charge < -0.3 is 10.2 Å². The van der Waals surface area contributed by atoms with Gasteiger partial charge in [-0.1, -0.05) is 0 Å². The lowest BCUT2D eigenvalue weighted by Gasteiger charge is -2.53. The summed E-state index contributed by atoms with van der Waals surface area (Å²) >= 11 is 0. The van der Waals surface area contributed by atoms with E-state index < -0.39 is 11.9 Å². The van der Waals surface area contributed by atoms with Crippen LogP contribution in [0, 0.1) is 5.41 Å². The van der Waals surface area contributed by atoms with Crippen molar-refractivity contribution in [3.8, 4) is 0 Å². The van der Waals surface area contributed by atoms with Crippen molar-refractivity contribution in [3.05, 3.63) is 24.0 Å². The second-order valence-corrected chi connectivity index (χ2v) is 5.54. The summed E-state index contributed by atoms with van der Waals surface area (Å²) in [5.41, 5.74) is 0.274. The summed E-state index contributed by atoms with van der Waals surface area (Å²) in [6.07, 6.45) is -0.655. The highest BCUT2D eigenvalue weighted by atomic mass is 35.5. The van der Waals surface area contributed by atoms with Gasteiger partial charge in [-0.05, 0) is 31.5 Å². The van der Waals surface area contributed by atoms with Gasteiger partial charge in [0.05, 0.1) is 11.9 Å². The molecule has 1 N–H and O–H groups in total. The highest BCUT2D eigenvalue weighted by molar-refractivity contribution is 5.85. The summed E-state index contributed by atoms with van der Waals surface area (Å²) in [5.74, 6) is 0. The number of rotatable bonds is 1. The molecule has 1 spiro atoms. The third-order valence-corrected chi connectivity index (χ3v) is 4.02. The van der Waals surface area contributed by atoms with E-state index in [4.69, 9.17) is 0 Å². The molecule has 0 aromatic carbocycles. The van der Waals surface area contributed by atoms with Crippen LogP contribution < -0.4 is 10.2 Å². The number of pyridine rings is 1. The van der Waals surface area contributed by atoms with Gasteiger partial charge in [-0.3, -0.25) is 0 Å². The monoisotopic (exact) mass is 307 g/mol. The van der Waals surface area contributed by atoms with Gasteiger partial charge in [0, 0.05) is 25.0 Å². The third-order valence-electron chi connectivity index (χ3n) is 4.02. The molecule has 2 saturated heterocycles. The molecule has 112 valence electrons. The summed E-state index contributed by atoms with van der Waals surface area (Å²) in [7, 11) is 0. The highest BCUT2D eigenvalue weighted by Crippen LogP contribution is 2.39. The quantitative estimate of drug-likeness (QED) is 0.864. The molecular formula is C13H17ClF3N3. The molecule has 3 heterocycles. The Morgan fingerprint density at radius 3 is 2.50 bits per heavy atom. The van der Waals surface area contributed by atoms with Gasteiger partial charge in [0.25, 0.3) is 0 Å². The summed E-state index contributed by atoms with van der Waals surface area (Å²) in [6.45, 7) is 3.90. The molecule has 3 rings (SSSR count). The van der Waals surface area contributed by atoms with Crippen molar-refractivity contribution in [1.29, 1.82) is 0 Å². The fraction of sp³-hybridized carbons (Fsp3) is 0.615. The van der Waals surface area contributed by atoms with Gasteiger partial charge in [0.2, 0.25) is 0 Å². The number of nitrogens with one attached hydrogen (secondary N) is 1. The second kappa shape index (κ2) is 5.41. The lowest BCUT2D eigenvalue weighted by molar-refractivity contribution is -0.141. The number of piperidine rings is 1. The SMILES string of the molecule is Cl.FC(F)(F)c1ccc(N2CC3(CCCNC3)C2)cn1. The zero-order valence-corrected chi connectivity index (χ0v) is 11.7. The number of nitrogens with zero attached hydrogens (tertiary/aromatic N) is 2. The fourth-order valence-corrected chi connectivity index (χ4v) is 2.99. The normalized spacial score (nSPS) is 21.2. The minimum absolute atomic E-state index is 0. The smallest absolute Gasteiger partial charge is 0.369 e. The van der Waals surface area contributed by atoms with Crippen molar-refractivity contribution in [2.45, 2.75) is 19.0 Å². The standard InChI is InChI=1S/C13H16F3N3.ClH/c14-13(15,16)11-3-2-10(6-18-11)19-8-12(9-19)4-1-5-17-7-12;/h2-3,6,17H,1,4-5,7-9H2;1H. The van der Waals surface area contributed by atoms with Gasteiger partial charge >= 0.3 is 6.18 Å². The van der Waals surface area contributed by atoms with Crippen molar-refractivity contribution >= 4 is 18.1 Å². The average Bonchev–Trinajstić information content (AvgIpc) is 2.36. The Labute approximate surface area is 122 Å². The Morgan fingerprint density at radius 2 is 2.00 bits per heavy atom. The van der Waals surface area contributed by atoms with Crippen molar-refractivity contribution < 1.29 is 13.2 Å². The first-order valence-electron chi connectivity index (χ1n) is 6.48. The van der Waals surface area contributed by atoms with Gasteiger partial charge in [-0.25, -0.2) is 4.98 Å². The summed E-state index contributed by atoms with van der Waals surface area (Å²) < 4.78 is 37.3. The number of alkyl halides is 3. The molecule has 0 bridgehead atoms. The molecule has 20 heavy (non-hydrogen) atoms. The van der Waals surface area contributed by atoms with E-state index in [0.717, 1.165) is 37.9 Å². The van der Waals surface area contributed by atoms with Crippen LogP contribution in [0.1, 0.15) is 18.5 Å². The average molecular weight is 308 g/mol. The maximum Gasteiger partial charge on any atom is 0.433 e. The molecule has 0 saturated carbocycles. The molecule has 0 unspecified atom stereocenters. The van der Waals surface area contributed by atoms with Crippen molar-refractivity contribution in [3.63, 3.8) is 0 Å². The Morgan fingerprint density at radius 1 is 1.25 bits per heavy atom. The van der Waals surface area contributed by atoms with Crippen LogP contribution in [0.3, 0.4) is 0 Å². The molecule has 1 aromatic heterocycles. The van der Waals surface area contributed by atoms with E-state index in [0.29, 0.717) is 5.41 Å². The molecule has 2 aliphatic heterocycles. The third kappa shape index (κ3) is 2.86. The second-order valence-electron chi connectivity index (χ2n) is 5.54. The first-order valence-corrected chi connectivity index (χ1v) is 6.48. The zero-order valence-electron chi connectivity index (χ0n) is 10.9. The maximum absolute atomic E-state index is 12.4. The van der Waals surface area contributed by atoms with Crippen molar-refractivity contribution in [1.82, 2.24) is 10.3 Å². The molecule has 7 heteroatoms. The minimum atomic E-state index is -4.36. The molecule has 3 nitrogen and oxygen atoms in total.